The molecule has 0 bridgehead atoms. The molecule has 0 fully saturated rings. The number of furan rings is 1. The second-order valence-electron chi connectivity index (χ2n) is 7.24. The van der Waals surface area contributed by atoms with Crippen LogP contribution in [0.15, 0.2) is 59.0 Å². The molecule has 0 saturated carbocycles. The standard InChI is InChI=1S/C23H26N2O3/c1-15-9-11-18(12-10-15)20(24-17(3)26)14-23(27)25(4)16(2)22-13-19-7-5-6-8-21(19)28-22/h5-13,16,20H,14H2,1-4H3,(H,24,26). The molecule has 2 atom stereocenters. The highest BCUT2D eigenvalue weighted by Gasteiger charge is 2.24. The monoisotopic (exact) mass is 378 g/mol. The van der Waals surface area contributed by atoms with Gasteiger partial charge in [0.1, 0.15) is 11.3 Å². The fourth-order valence-electron chi connectivity index (χ4n) is 3.23. The molecule has 2 unspecified atom stereocenters. The van der Waals surface area contributed by atoms with Gasteiger partial charge >= 0.3 is 0 Å². The lowest BCUT2D eigenvalue weighted by Crippen LogP contribution is -2.35. The minimum Gasteiger partial charge on any atom is -0.459 e. The SMILES string of the molecule is CC(=O)NC(CC(=O)N(C)C(C)c1cc2ccccc2o1)c1ccc(C)cc1. The number of benzene rings is 2. The van der Waals surface area contributed by atoms with E-state index < -0.39 is 0 Å². The average Bonchev–Trinajstić information content (AvgIpc) is 3.10. The molecule has 2 aromatic carbocycles. The molecule has 5 nitrogen and oxygen atoms in total. The number of nitrogens with one attached hydrogen (secondary N) is 1. The predicted molar refractivity (Wildman–Crippen MR) is 110 cm³/mol. The van der Waals surface area contributed by atoms with E-state index in [2.05, 4.69) is 5.32 Å². The zero-order chi connectivity index (χ0) is 20.3. The molecule has 0 aliphatic heterocycles. The number of nitrogens with zero attached hydrogens (tertiary/aromatic N) is 1. The van der Waals surface area contributed by atoms with Crippen molar-refractivity contribution in [2.75, 3.05) is 7.05 Å². The Morgan fingerprint density at radius 2 is 1.79 bits per heavy atom. The Labute approximate surface area is 165 Å². The van der Waals surface area contributed by atoms with Crippen molar-refractivity contribution in [2.45, 2.75) is 39.3 Å². The summed E-state index contributed by atoms with van der Waals surface area (Å²) in [5, 5.41) is 3.91. The van der Waals surface area contributed by atoms with Gasteiger partial charge in [0.2, 0.25) is 11.8 Å². The van der Waals surface area contributed by atoms with Crippen molar-refractivity contribution in [1.82, 2.24) is 10.2 Å². The number of amides is 2. The van der Waals surface area contributed by atoms with Crippen molar-refractivity contribution in [3.63, 3.8) is 0 Å². The Hall–Kier alpha value is -3.08. The summed E-state index contributed by atoms with van der Waals surface area (Å²) in [5.74, 6) is 0.516. The van der Waals surface area contributed by atoms with Crippen molar-refractivity contribution in [2.24, 2.45) is 0 Å². The molecule has 5 heteroatoms. The lowest BCUT2D eigenvalue weighted by atomic mass is 10.0. The molecule has 3 rings (SSSR count). The number of hydrogen-bond donors (Lipinski definition) is 1. The molecule has 1 aromatic heterocycles. The van der Waals surface area contributed by atoms with Crippen LogP contribution in [0.25, 0.3) is 11.0 Å². The first-order valence-electron chi connectivity index (χ1n) is 9.43. The molecule has 146 valence electrons. The van der Waals surface area contributed by atoms with E-state index in [1.54, 1.807) is 11.9 Å². The fraction of sp³-hybridized carbons (Fsp3) is 0.304. The minimum atomic E-state index is -0.365. The molecule has 3 aromatic rings. The normalized spacial score (nSPS) is 13.1. The number of hydrogen-bond acceptors (Lipinski definition) is 3. The Morgan fingerprint density at radius 1 is 1.11 bits per heavy atom. The third-order valence-corrected chi connectivity index (χ3v) is 5.07. The summed E-state index contributed by atoms with van der Waals surface area (Å²) in [5.41, 5.74) is 2.85. The van der Waals surface area contributed by atoms with Crippen molar-refractivity contribution < 1.29 is 14.0 Å². The van der Waals surface area contributed by atoms with Crippen LogP contribution in [-0.2, 0) is 9.59 Å². The highest BCUT2D eigenvalue weighted by atomic mass is 16.3. The topological polar surface area (TPSA) is 62.6 Å². The molecule has 1 N–H and O–H groups in total. The van der Waals surface area contributed by atoms with Crippen LogP contribution in [0.1, 0.15) is 49.2 Å². The summed E-state index contributed by atoms with van der Waals surface area (Å²) in [6.45, 7) is 5.41. The van der Waals surface area contributed by atoms with Crippen molar-refractivity contribution >= 4 is 22.8 Å². The molecule has 0 aliphatic rings. The molecule has 0 spiro atoms. The van der Waals surface area contributed by atoms with Gasteiger partial charge in [-0.3, -0.25) is 9.59 Å². The maximum absolute atomic E-state index is 12.9. The molecular weight excluding hydrogens is 352 g/mol. The minimum absolute atomic E-state index is 0.0627. The van der Waals surface area contributed by atoms with E-state index in [0.717, 1.165) is 27.9 Å². The van der Waals surface area contributed by atoms with Gasteiger partial charge in [-0.25, -0.2) is 0 Å². The van der Waals surface area contributed by atoms with E-state index in [-0.39, 0.29) is 30.3 Å². The van der Waals surface area contributed by atoms with Gasteiger partial charge in [0.05, 0.1) is 18.5 Å². The van der Waals surface area contributed by atoms with E-state index in [1.165, 1.54) is 6.92 Å². The van der Waals surface area contributed by atoms with Crippen LogP contribution in [-0.4, -0.2) is 23.8 Å². The zero-order valence-corrected chi connectivity index (χ0v) is 16.7. The maximum atomic E-state index is 12.9. The van der Waals surface area contributed by atoms with Gasteiger partial charge in [0.25, 0.3) is 0 Å². The second kappa shape index (κ2) is 8.30. The van der Waals surface area contributed by atoms with Gasteiger partial charge in [-0.05, 0) is 31.5 Å². The van der Waals surface area contributed by atoms with Crippen LogP contribution >= 0.6 is 0 Å². The van der Waals surface area contributed by atoms with E-state index >= 15 is 0 Å². The predicted octanol–water partition coefficient (Wildman–Crippen LogP) is 4.53. The van der Waals surface area contributed by atoms with Crippen molar-refractivity contribution in [3.8, 4) is 0 Å². The average molecular weight is 378 g/mol. The summed E-state index contributed by atoms with van der Waals surface area (Å²) < 4.78 is 5.90. The number of carbonyl (C=O) groups is 2. The van der Waals surface area contributed by atoms with Gasteiger partial charge in [-0.1, -0.05) is 48.0 Å². The molecule has 1 heterocycles. The summed E-state index contributed by atoms with van der Waals surface area (Å²) in [6, 6.07) is 17.0. The Kier molecular flexibility index (Phi) is 5.83. The van der Waals surface area contributed by atoms with Gasteiger partial charge in [0, 0.05) is 19.4 Å². The van der Waals surface area contributed by atoms with E-state index in [0.29, 0.717) is 0 Å². The van der Waals surface area contributed by atoms with Crippen LogP contribution in [0, 0.1) is 6.92 Å². The lowest BCUT2D eigenvalue weighted by Gasteiger charge is -2.26. The quantitative estimate of drug-likeness (QED) is 0.685. The first-order chi connectivity index (χ1) is 13.3. The Balaban J connectivity index is 1.76. The molecule has 2 amide bonds. The first kappa shape index (κ1) is 19.7. The third-order valence-electron chi connectivity index (χ3n) is 5.07. The number of fused-ring (bicyclic) bond motifs is 1. The number of rotatable bonds is 6. The number of para-hydroxylation sites is 1. The zero-order valence-electron chi connectivity index (χ0n) is 16.7. The van der Waals surface area contributed by atoms with Crippen LogP contribution in [0.3, 0.4) is 0 Å². The van der Waals surface area contributed by atoms with Gasteiger partial charge in [0.15, 0.2) is 0 Å². The molecule has 0 aliphatic carbocycles. The van der Waals surface area contributed by atoms with Crippen LogP contribution in [0.5, 0.6) is 0 Å². The summed E-state index contributed by atoms with van der Waals surface area (Å²) in [4.78, 5) is 26.3. The van der Waals surface area contributed by atoms with Gasteiger partial charge in [-0.15, -0.1) is 0 Å². The van der Waals surface area contributed by atoms with E-state index in [9.17, 15) is 9.59 Å². The van der Waals surface area contributed by atoms with E-state index in [1.807, 2.05) is 68.4 Å². The summed E-state index contributed by atoms with van der Waals surface area (Å²) in [6.07, 6.45) is 0.184. The highest BCUT2D eigenvalue weighted by Crippen LogP contribution is 2.28. The summed E-state index contributed by atoms with van der Waals surface area (Å²) >= 11 is 0. The summed E-state index contributed by atoms with van der Waals surface area (Å²) in [7, 11) is 1.76. The van der Waals surface area contributed by atoms with Gasteiger partial charge in [-0.2, -0.15) is 0 Å². The third kappa shape index (κ3) is 4.42. The fourth-order valence-corrected chi connectivity index (χ4v) is 3.23. The highest BCUT2D eigenvalue weighted by molar-refractivity contribution is 5.80. The van der Waals surface area contributed by atoms with Crippen LogP contribution < -0.4 is 5.32 Å². The van der Waals surface area contributed by atoms with Crippen molar-refractivity contribution in [1.29, 1.82) is 0 Å². The van der Waals surface area contributed by atoms with Gasteiger partial charge < -0.3 is 14.6 Å². The second-order valence-corrected chi connectivity index (χ2v) is 7.24. The lowest BCUT2D eigenvalue weighted by molar-refractivity contribution is -0.133. The molecular formula is C23H26N2O3. The Morgan fingerprint density at radius 3 is 2.43 bits per heavy atom. The van der Waals surface area contributed by atoms with E-state index in [4.69, 9.17) is 4.42 Å². The Bertz CT molecular complexity index is 942. The van der Waals surface area contributed by atoms with Crippen LogP contribution in [0.4, 0.5) is 0 Å². The van der Waals surface area contributed by atoms with Crippen molar-refractivity contribution in [3.05, 3.63) is 71.5 Å². The smallest absolute Gasteiger partial charge is 0.225 e. The largest absolute Gasteiger partial charge is 0.459 e. The first-order valence-corrected chi connectivity index (χ1v) is 9.43. The maximum Gasteiger partial charge on any atom is 0.225 e. The number of carbonyl (C=O) groups excluding carboxylic acids is 2. The molecule has 0 saturated heterocycles. The molecule has 0 radical (unpaired) electrons. The molecule has 28 heavy (non-hydrogen) atoms. The number of aryl methyl sites for hydroxylation is 1. The van der Waals surface area contributed by atoms with Crippen LogP contribution in [0.2, 0.25) is 0 Å².